The van der Waals surface area contributed by atoms with Crippen LogP contribution in [-0.4, -0.2) is 32.3 Å². The highest BCUT2D eigenvalue weighted by Crippen LogP contribution is 2.32. The molecule has 8 nitrogen and oxygen atoms in total. The van der Waals surface area contributed by atoms with Gasteiger partial charge in [-0.1, -0.05) is 50.3 Å². The molecule has 10 heteroatoms. The summed E-state index contributed by atoms with van der Waals surface area (Å²) in [4.78, 5) is 35.9. The van der Waals surface area contributed by atoms with Crippen molar-refractivity contribution in [3.63, 3.8) is 0 Å². The van der Waals surface area contributed by atoms with E-state index in [1.165, 1.54) is 13.8 Å². The third-order valence-electron chi connectivity index (χ3n) is 6.39. The summed E-state index contributed by atoms with van der Waals surface area (Å²) < 4.78 is 33.8. The number of benzene rings is 3. The van der Waals surface area contributed by atoms with E-state index in [9.17, 15) is 18.4 Å². The molecule has 0 saturated heterocycles. The first-order valence-corrected chi connectivity index (χ1v) is 13.9. The molecule has 0 saturated carbocycles. The van der Waals surface area contributed by atoms with Crippen molar-refractivity contribution in [3.8, 4) is 11.1 Å². The molecule has 3 aromatic carbocycles. The average Bonchev–Trinajstić information content (AvgIpc) is 3.42. The lowest BCUT2D eigenvalue weighted by atomic mass is 9.97. The second-order valence-electron chi connectivity index (χ2n) is 10.2. The number of fused-ring (bicyclic) bond motifs is 2. The molecule has 5 rings (SSSR count). The Kier molecular flexibility index (Phi) is 10.7. The van der Waals surface area contributed by atoms with Gasteiger partial charge < -0.3 is 21.1 Å². The molecular formula is C33H37F2N5O3. The molecule has 0 radical (unpaired) electrons. The SMILES string of the molecule is C=CC.CC.CC(C)(N)C(=O)OCc1cc(F)c(F)cc1-c1ccc2nc(N)nc(C(=O)N3Cc4ccccc4C3)c2c1. The van der Waals surface area contributed by atoms with Crippen LogP contribution in [0.2, 0.25) is 0 Å². The molecule has 4 aromatic rings. The molecule has 4 N–H and O–H groups in total. The average molecular weight is 590 g/mol. The van der Waals surface area contributed by atoms with Crippen LogP contribution in [0.4, 0.5) is 14.7 Å². The molecule has 0 unspecified atom stereocenters. The van der Waals surface area contributed by atoms with Crippen molar-refractivity contribution in [1.29, 1.82) is 0 Å². The van der Waals surface area contributed by atoms with Crippen LogP contribution in [0.25, 0.3) is 22.0 Å². The Hall–Kier alpha value is -4.70. The van der Waals surface area contributed by atoms with Crippen LogP contribution in [0.5, 0.6) is 0 Å². The molecule has 0 spiro atoms. The Labute approximate surface area is 250 Å². The van der Waals surface area contributed by atoms with Crippen LogP contribution in [0.1, 0.15) is 61.8 Å². The van der Waals surface area contributed by atoms with Gasteiger partial charge in [-0.2, -0.15) is 0 Å². The van der Waals surface area contributed by atoms with Crippen LogP contribution in [0.15, 0.2) is 67.3 Å². The number of nitrogens with zero attached hydrogens (tertiary/aromatic N) is 3. The van der Waals surface area contributed by atoms with Crippen molar-refractivity contribution < 1.29 is 23.1 Å². The Bertz CT molecular complexity index is 1630. The maximum absolute atomic E-state index is 14.3. The number of allylic oxidation sites excluding steroid dienone is 1. The van der Waals surface area contributed by atoms with Gasteiger partial charge in [-0.05, 0) is 67.3 Å². The van der Waals surface area contributed by atoms with Crippen LogP contribution in [0, 0.1) is 11.6 Å². The van der Waals surface area contributed by atoms with Gasteiger partial charge in [0.2, 0.25) is 5.95 Å². The number of esters is 1. The van der Waals surface area contributed by atoms with E-state index in [1.54, 1.807) is 29.2 Å². The normalized spacial score (nSPS) is 12.0. The summed E-state index contributed by atoms with van der Waals surface area (Å²) in [6, 6.07) is 14.6. The summed E-state index contributed by atoms with van der Waals surface area (Å²) >= 11 is 0. The van der Waals surface area contributed by atoms with Gasteiger partial charge in [-0.15, -0.1) is 6.58 Å². The third-order valence-corrected chi connectivity index (χ3v) is 6.39. The number of hydrogen-bond donors (Lipinski definition) is 2. The summed E-state index contributed by atoms with van der Waals surface area (Å²) in [5, 5.41) is 0.397. The number of hydrogen-bond acceptors (Lipinski definition) is 7. The number of halogens is 2. The van der Waals surface area contributed by atoms with Gasteiger partial charge in [0.15, 0.2) is 11.6 Å². The van der Waals surface area contributed by atoms with E-state index in [2.05, 4.69) is 16.5 Å². The highest BCUT2D eigenvalue weighted by atomic mass is 19.2. The summed E-state index contributed by atoms with van der Waals surface area (Å²) in [5.74, 6) is -3.26. The standard InChI is InChI=1S/C28H25F2N5O3.C3H6.C2H6/c1-28(2,32)26(37)38-14-18-10-21(29)22(30)11-19(18)15-7-8-23-20(9-15)24(34-27(31)33-23)25(36)35-12-16-5-3-4-6-17(16)13-35;1-3-2;1-2/h3-11H,12-14,32H2,1-2H3,(H2,31,33,34);3H,1H2,2H3;1-2H3. The quantitative estimate of drug-likeness (QED) is 0.206. The number of rotatable bonds is 5. The molecule has 0 atom stereocenters. The van der Waals surface area contributed by atoms with E-state index in [1.807, 2.05) is 45.0 Å². The number of carbonyl (C=O) groups excluding carboxylic acids is 2. The van der Waals surface area contributed by atoms with Crippen LogP contribution >= 0.6 is 0 Å². The minimum Gasteiger partial charge on any atom is -0.459 e. The van der Waals surface area contributed by atoms with Crippen molar-refractivity contribution in [2.24, 2.45) is 5.73 Å². The van der Waals surface area contributed by atoms with E-state index in [-0.39, 0.29) is 35.3 Å². The Balaban J connectivity index is 0.000000953. The summed E-state index contributed by atoms with van der Waals surface area (Å²) in [6.07, 6.45) is 1.75. The molecule has 43 heavy (non-hydrogen) atoms. The molecule has 1 aliphatic rings. The highest BCUT2D eigenvalue weighted by molar-refractivity contribution is 6.06. The lowest BCUT2D eigenvalue weighted by molar-refractivity contribution is -0.150. The van der Waals surface area contributed by atoms with Gasteiger partial charge in [0.25, 0.3) is 5.91 Å². The zero-order valence-corrected chi connectivity index (χ0v) is 25.1. The molecule has 1 amide bonds. The second kappa shape index (κ2) is 14.0. The number of nitrogen functional groups attached to an aromatic ring is 1. The number of ether oxygens (including phenoxy) is 1. The smallest absolute Gasteiger partial charge is 0.325 e. The fraction of sp³-hybridized carbons (Fsp3) is 0.273. The highest BCUT2D eigenvalue weighted by Gasteiger charge is 2.28. The first-order valence-electron chi connectivity index (χ1n) is 13.9. The van der Waals surface area contributed by atoms with E-state index in [4.69, 9.17) is 16.2 Å². The molecule has 0 bridgehead atoms. The molecule has 1 aromatic heterocycles. The van der Waals surface area contributed by atoms with E-state index in [0.717, 1.165) is 23.3 Å². The van der Waals surface area contributed by atoms with Crippen molar-refractivity contribution in [2.45, 2.75) is 59.9 Å². The lowest BCUT2D eigenvalue weighted by Crippen LogP contribution is -2.42. The first-order chi connectivity index (χ1) is 20.4. The first kappa shape index (κ1) is 32.8. The lowest BCUT2D eigenvalue weighted by Gasteiger charge is -2.18. The third kappa shape index (κ3) is 7.58. The van der Waals surface area contributed by atoms with Crippen molar-refractivity contribution >= 4 is 28.7 Å². The Morgan fingerprint density at radius 2 is 1.60 bits per heavy atom. The molecular weight excluding hydrogens is 552 g/mol. The van der Waals surface area contributed by atoms with Gasteiger partial charge in [0, 0.05) is 24.0 Å². The largest absolute Gasteiger partial charge is 0.459 e. The monoisotopic (exact) mass is 589 g/mol. The zero-order chi connectivity index (χ0) is 31.9. The van der Waals surface area contributed by atoms with Crippen LogP contribution in [0.3, 0.4) is 0 Å². The van der Waals surface area contributed by atoms with Gasteiger partial charge in [0.05, 0.1) is 5.52 Å². The van der Waals surface area contributed by atoms with E-state index < -0.39 is 23.1 Å². The molecule has 226 valence electrons. The van der Waals surface area contributed by atoms with E-state index in [0.29, 0.717) is 29.6 Å². The second-order valence-corrected chi connectivity index (χ2v) is 10.2. The maximum atomic E-state index is 14.3. The fourth-order valence-corrected chi connectivity index (χ4v) is 4.41. The predicted molar refractivity (Wildman–Crippen MR) is 165 cm³/mol. The minimum atomic E-state index is -1.26. The number of aromatic nitrogens is 2. The van der Waals surface area contributed by atoms with Crippen molar-refractivity contribution in [3.05, 3.63) is 101 Å². The van der Waals surface area contributed by atoms with Crippen molar-refractivity contribution in [1.82, 2.24) is 14.9 Å². The van der Waals surface area contributed by atoms with Gasteiger partial charge in [0.1, 0.15) is 17.8 Å². The zero-order valence-electron chi connectivity index (χ0n) is 25.1. The van der Waals surface area contributed by atoms with Crippen LogP contribution in [-0.2, 0) is 29.2 Å². The topological polar surface area (TPSA) is 124 Å². The van der Waals surface area contributed by atoms with Gasteiger partial charge in [-0.25, -0.2) is 18.7 Å². The van der Waals surface area contributed by atoms with E-state index >= 15 is 0 Å². The molecule has 1 aliphatic heterocycles. The number of carbonyl (C=O) groups is 2. The van der Waals surface area contributed by atoms with Gasteiger partial charge >= 0.3 is 5.97 Å². The van der Waals surface area contributed by atoms with Gasteiger partial charge in [-0.3, -0.25) is 9.59 Å². The Morgan fingerprint density at radius 1 is 1.02 bits per heavy atom. The fourth-order valence-electron chi connectivity index (χ4n) is 4.41. The predicted octanol–water partition coefficient (Wildman–Crippen LogP) is 6.31. The summed E-state index contributed by atoms with van der Waals surface area (Å²) in [5.41, 5.74) is 14.0. The van der Waals surface area contributed by atoms with Crippen LogP contribution < -0.4 is 11.5 Å². The van der Waals surface area contributed by atoms with Crippen molar-refractivity contribution in [2.75, 3.05) is 5.73 Å². The Morgan fingerprint density at radius 3 is 2.19 bits per heavy atom. The summed E-state index contributed by atoms with van der Waals surface area (Å²) in [7, 11) is 0. The number of anilines is 1. The number of nitrogens with two attached hydrogens (primary N) is 2. The molecule has 0 fully saturated rings. The molecule has 2 heterocycles. The number of amides is 1. The molecule has 0 aliphatic carbocycles. The maximum Gasteiger partial charge on any atom is 0.325 e. The minimum absolute atomic E-state index is 0.0601. The summed E-state index contributed by atoms with van der Waals surface area (Å²) in [6.45, 7) is 12.7.